The van der Waals surface area contributed by atoms with Gasteiger partial charge >= 0.3 is 0 Å². The Morgan fingerprint density at radius 2 is 2.23 bits per heavy atom. The van der Waals surface area contributed by atoms with Crippen LogP contribution in [0.15, 0.2) is 12.3 Å². The molecule has 0 unspecified atom stereocenters. The van der Waals surface area contributed by atoms with Crippen molar-refractivity contribution in [3.8, 4) is 0 Å². The van der Waals surface area contributed by atoms with Crippen LogP contribution in [-0.2, 0) is 15.9 Å². The van der Waals surface area contributed by atoms with Gasteiger partial charge in [-0.25, -0.2) is 0 Å². The van der Waals surface area contributed by atoms with E-state index in [1.807, 2.05) is 0 Å². The van der Waals surface area contributed by atoms with Gasteiger partial charge in [-0.15, -0.1) is 0 Å². The predicted molar refractivity (Wildman–Crippen MR) is 48.6 cm³/mol. The van der Waals surface area contributed by atoms with Crippen LogP contribution in [0.2, 0.25) is 0 Å². The standard InChI is InChI=1S/C7H10N2O3S/c1-5-2-6(4-13(10,11)12)9-3-7(5)8/h2-3H,4,8H2,1H3,(H,10,11,12). The lowest BCUT2D eigenvalue weighted by Gasteiger charge is -2.01. The molecule has 1 rings (SSSR count). The Bertz CT molecular complexity index is 414. The first-order valence-electron chi connectivity index (χ1n) is 3.54. The van der Waals surface area contributed by atoms with Crippen molar-refractivity contribution in [2.45, 2.75) is 12.7 Å². The average molecular weight is 202 g/mol. The molecule has 0 atom stereocenters. The van der Waals surface area contributed by atoms with Crippen LogP contribution in [0.1, 0.15) is 11.3 Å². The van der Waals surface area contributed by atoms with Crippen molar-refractivity contribution in [3.63, 3.8) is 0 Å². The minimum Gasteiger partial charge on any atom is -0.397 e. The van der Waals surface area contributed by atoms with E-state index in [0.717, 1.165) is 5.56 Å². The van der Waals surface area contributed by atoms with E-state index in [4.69, 9.17) is 10.3 Å². The van der Waals surface area contributed by atoms with E-state index >= 15 is 0 Å². The maximum absolute atomic E-state index is 10.5. The lowest BCUT2D eigenvalue weighted by molar-refractivity contribution is 0.481. The van der Waals surface area contributed by atoms with Crippen LogP contribution >= 0.6 is 0 Å². The van der Waals surface area contributed by atoms with Gasteiger partial charge in [0.15, 0.2) is 0 Å². The van der Waals surface area contributed by atoms with Crippen LogP contribution in [0, 0.1) is 6.92 Å². The van der Waals surface area contributed by atoms with Gasteiger partial charge in [-0.05, 0) is 18.6 Å². The Labute approximate surface area is 76.3 Å². The fourth-order valence-electron chi connectivity index (χ4n) is 0.891. The van der Waals surface area contributed by atoms with Gasteiger partial charge in [0.05, 0.1) is 17.6 Å². The topological polar surface area (TPSA) is 93.3 Å². The van der Waals surface area contributed by atoms with Gasteiger partial charge in [-0.1, -0.05) is 0 Å². The van der Waals surface area contributed by atoms with Crippen LogP contribution in [0.3, 0.4) is 0 Å². The zero-order valence-corrected chi connectivity index (χ0v) is 7.87. The van der Waals surface area contributed by atoms with E-state index in [0.29, 0.717) is 5.69 Å². The highest BCUT2D eigenvalue weighted by atomic mass is 32.2. The summed E-state index contributed by atoms with van der Waals surface area (Å²) >= 11 is 0. The summed E-state index contributed by atoms with van der Waals surface area (Å²) in [4.78, 5) is 3.76. The molecule has 1 aromatic heterocycles. The molecule has 0 amide bonds. The number of hydrogen-bond acceptors (Lipinski definition) is 4. The van der Waals surface area contributed by atoms with Crippen molar-refractivity contribution in [1.29, 1.82) is 0 Å². The van der Waals surface area contributed by atoms with E-state index in [1.54, 1.807) is 6.92 Å². The molecule has 0 bridgehead atoms. The highest BCUT2D eigenvalue weighted by molar-refractivity contribution is 7.84. The number of rotatable bonds is 2. The second kappa shape index (κ2) is 3.31. The van der Waals surface area contributed by atoms with Gasteiger partial charge in [0.1, 0.15) is 5.75 Å². The Morgan fingerprint density at radius 3 is 2.69 bits per heavy atom. The molecule has 5 nitrogen and oxygen atoms in total. The third-order valence-electron chi connectivity index (χ3n) is 1.54. The average Bonchev–Trinajstić information content (AvgIpc) is 1.94. The minimum atomic E-state index is -4.01. The number of nitrogens with zero attached hydrogens (tertiary/aromatic N) is 1. The fourth-order valence-corrected chi connectivity index (χ4v) is 1.42. The quantitative estimate of drug-likeness (QED) is 0.675. The van der Waals surface area contributed by atoms with Crippen molar-refractivity contribution in [2.24, 2.45) is 0 Å². The molecule has 0 radical (unpaired) electrons. The fraction of sp³-hybridized carbons (Fsp3) is 0.286. The number of nitrogens with two attached hydrogens (primary N) is 1. The molecule has 0 fully saturated rings. The van der Waals surface area contributed by atoms with Crippen LogP contribution in [0.25, 0.3) is 0 Å². The lowest BCUT2D eigenvalue weighted by Crippen LogP contribution is -2.04. The van der Waals surface area contributed by atoms with Crippen LogP contribution in [0.5, 0.6) is 0 Å². The number of nitrogen functional groups attached to an aromatic ring is 1. The summed E-state index contributed by atoms with van der Waals surface area (Å²) in [6, 6.07) is 1.53. The first-order valence-corrected chi connectivity index (χ1v) is 5.15. The SMILES string of the molecule is Cc1cc(CS(=O)(=O)O)ncc1N. The first-order chi connectivity index (χ1) is 5.88. The summed E-state index contributed by atoms with van der Waals surface area (Å²) in [5, 5.41) is 0. The molecule has 0 aliphatic carbocycles. The number of aryl methyl sites for hydroxylation is 1. The zero-order chi connectivity index (χ0) is 10.1. The molecule has 0 saturated heterocycles. The van der Waals surface area contributed by atoms with Crippen LogP contribution in [-0.4, -0.2) is 18.0 Å². The maximum atomic E-state index is 10.5. The molecule has 0 aliphatic heterocycles. The highest BCUT2D eigenvalue weighted by Gasteiger charge is 2.08. The van der Waals surface area contributed by atoms with E-state index in [9.17, 15) is 8.42 Å². The van der Waals surface area contributed by atoms with E-state index in [-0.39, 0.29) is 5.69 Å². The van der Waals surface area contributed by atoms with Crippen molar-refractivity contribution < 1.29 is 13.0 Å². The predicted octanol–water partition coefficient (Wildman–Crippen LogP) is 0.360. The number of aromatic nitrogens is 1. The third-order valence-corrected chi connectivity index (χ3v) is 2.20. The summed E-state index contributed by atoms with van der Waals surface area (Å²) in [5.41, 5.74) is 7.01. The van der Waals surface area contributed by atoms with Crippen molar-refractivity contribution in [2.75, 3.05) is 5.73 Å². The highest BCUT2D eigenvalue weighted by Crippen LogP contribution is 2.11. The molecule has 3 N–H and O–H groups in total. The Morgan fingerprint density at radius 1 is 1.62 bits per heavy atom. The largest absolute Gasteiger partial charge is 0.397 e. The Hall–Kier alpha value is -1.14. The van der Waals surface area contributed by atoms with Gasteiger partial charge < -0.3 is 5.73 Å². The second-order valence-corrected chi connectivity index (χ2v) is 4.21. The minimum absolute atomic E-state index is 0.286. The number of pyridine rings is 1. The summed E-state index contributed by atoms with van der Waals surface area (Å²) in [5.74, 6) is -0.478. The number of anilines is 1. The smallest absolute Gasteiger partial charge is 0.270 e. The van der Waals surface area contributed by atoms with E-state index in [2.05, 4.69) is 4.98 Å². The van der Waals surface area contributed by atoms with E-state index < -0.39 is 15.9 Å². The van der Waals surface area contributed by atoms with Crippen LogP contribution < -0.4 is 5.73 Å². The molecule has 0 spiro atoms. The summed E-state index contributed by atoms with van der Waals surface area (Å²) in [6.07, 6.45) is 1.37. The normalized spacial score (nSPS) is 11.5. The summed E-state index contributed by atoms with van der Waals surface area (Å²) in [6.45, 7) is 1.74. The maximum Gasteiger partial charge on any atom is 0.270 e. The molecule has 0 aliphatic rings. The summed E-state index contributed by atoms with van der Waals surface area (Å²) in [7, 11) is -4.01. The molecule has 72 valence electrons. The van der Waals surface area contributed by atoms with Crippen LogP contribution in [0.4, 0.5) is 5.69 Å². The summed E-state index contributed by atoms with van der Waals surface area (Å²) < 4.78 is 29.5. The Kier molecular flexibility index (Phi) is 2.53. The first kappa shape index (κ1) is 9.94. The van der Waals surface area contributed by atoms with E-state index in [1.165, 1.54) is 12.3 Å². The molecule has 13 heavy (non-hydrogen) atoms. The van der Waals surface area contributed by atoms with Gasteiger partial charge in [0.2, 0.25) is 0 Å². The molecule has 6 heteroatoms. The molecule has 1 heterocycles. The second-order valence-electron chi connectivity index (χ2n) is 2.76. The lowest BCUT2D eigenvalue weighted by atomic mass is 10.2. The van der Waals surface area contributed by atoms with Crippen molar-refractivity contribution in [1.82, 2.24) is 4.98 Å². The zero-order valence-electron chi connectivity index (χ0n) is 7.06. The molecule has 0 saturated carbocycles. The molecule has 0 aromatic carbocycles. The van der Waals surface area contributed by atoms with Crippen molar-refractivity contribution in [3.05, 3.63) is 23.5 Å². The molecule has 1 aromatic rings. The molecular weight excluding hydrogens is 192 g/mol. The molecular formula is C7H10N2O3S. The van der Waals surface area contributed by atoms with Gasteiger partial charge in [0.25, 0.3) is 10.1 Å². The Balaban J connectivity index is 2.99. The van der Waals surface area contributed by atoms with Gasteiger partial charge in [0, 0.05) is 0 Å². The monoisotopic (exact) mass is 202 g/mol. The third kappa shape index (κ3) is 3.00. The van der Waals surface area contributed by atoms with Gasteiger partial charge in [-0.2, -0.15) is 8.42 Å². The van der Waals surface area contributed by atoms with Gasteiger partial charge in [-0.3, -0.25) is 9.54 Å². The van der Waals surface area contributed by atoms with Crippen molar-refractivity contribution >= 4 is 15.8 Å². The number of hydrogen-bond donors (Lipinski definition) is 2.